The van der Waals surface area contributed by atoms with Crippen molar-refractivity contribution in [3.05, 3.63) is 48.6 Å². The number of carbonyl (C=O) groups is 2. The Bertz CT molecular complexity index is 1000. The third kappa shape index (κ3) is 40.6. The van der Waals surface area contributed by atoms with Gasteiger partial charge in [-0.2, -0.15) is 0 Å². The summed E-state index contributed by atoms with van der Waals surface area (Å²) in [6, 6.07) is -0.703. The number of ether oxygens (including phenoxy) is 1. The summed E-state index contributed by atoms with van der Waals surface area (Å²) in [5.41, 5.74) is 0. The molecule has 0 heterocycles. The Kier molecular flexibility index (Phi) is 44.2. The largest absolute Gasteiger partial charge is 0.462 e. The van der Waals surface area contributed by atoms with Crippen LogP contribution < -0.4 is 5.32 Å². The number of aliphatic hydroxyl groups excluding tert-OH is 2. The van der Waals surface area contributed by atoms with Crippen molar-refractivity contribution >= 4 is 11.9 Å². The van der Waals surface area contributed by atoms with Gasteiger partial charge in [-0.25, -0.2) is 0 Å². The van der Waals surface area contributed by atoms with Gasteiger partial charge in [-0.15, -0.1) is 0 Å². The first kappa shape index (κ1) is 55.8. The van der Waals surface area contributed by atoms with Crippen molar-refractivity contribution < 1.29 is 24.5 Å². The highest BCUT2D eigenvalue weighted by Crippen LogP contribution is 2.18. The lowest BCUT2D eigenvalue weighted by Gasteiger charge is -2.24. The zero-order valence-corrected chi connectivity index (χ0v) is 38.4. The van der Waals surface area contributed by atoms with Crippen LogP contribution in [0.4, 0.5) is 0 Å². The van der Waals surface area contributed by atoms with E-state index in [0.717, 1.165) is 77.0 Å². The smallest absolute Gasteiger partial charge is 0.306 e. The standard InChI is InChI=1S/C52H95NO5/c1-4-7-10-13-16-19-21-23-25-27-29-32-34-37-40-43-48(46-51(56)53-49(47-54)50(55)44-41-38-35-31-18-15-12-9-6-3)58-52(57)45-42-39-36-33-30-28-26-24-22-20-17-14-11-8-5-2/h8,11,14,17,20,22,24,26,48-50,54-55H,4-7,9-10,12-13,15-16,18-19,21,23,25,27-47H2,1-3H3,(H,53,56)/b11-8+,17-14+,22-20+,26-24-. The van der Waals surface area contributed by atoms with Crippen LogP contribution in [0.2, 0.25) is 0 Å². The number of rotatable bonds is 44. The van der Waals surface area contributed by atoms with Crippen molar-refractivity contribution in [1.29, 1.82) is 0 Å². The van der Waals surface area contributed by atoms with Crippen LogP contribution in [-0.2, 0) is 14.3 Å². The van der Waals surface area contributed by atoms with Gasteiger partial charge in [0.2, 0.25) is 5.91 Å². The Morgan fingerprint density at radius 2 is 0.931 bits per heavy atom. The van der Waals surface area contributed by atoms with E-state index in [1.54, 1.807) is 0 Å². The Labute approximate surface area is 359 Å². The average molecular weight is 814 g/mol. The van der Waals surface area contributed by atoms with Gasteiger partial charge in [0, 0.05) is 6.42 Å². The SMILES string of the molecule is CC/C=C/C=C/C=C/C=C\CCCCCCCC(=O)OC(CCCCCCCCCCCCCCCCC)CC(=O)NC(CO)C(O)CCCCCCCCCCC. The zero-order chi connectivity index (χ0) is 42.4. The molecule has 0 aliphatic carbocycles. The van der Waals surface area contributed by atoms with Crippen molar-refractivity contribution in [2.75, 3.05) is 6.61 Å². The molecule has 1 amide bonds. The van der Waals surface area contributed by atoms with E-state index < -0.39 is 18.2 Å². The number of carbonyl (C=O) groups excluding carboxylic acids is 2. The molecule has 3 N–H and O–H groups in total. The molecule has 3 unspecified atom stereocenters. The highest BCUT2D eigenvalue weighted by molar-refractivity contribution is 5.77. The summed E-state index contributed by atoms with van der Waals surface area (Å²) < 4.78 is 5.92. The molecule has 6 heteroatoms. The van der Waals surface area contributed by atoms with E-state index in [0.29, 0.717) is 19.3 Å². The average Bonchev–Trinajstić information content (AvgIpc) is 3.22. The van der Waals surface area contributed by atoms with E-state index in [1.165, 1.54) is 122 Å². The fourth-order valence-electron chi connectivity index (χ4n) is 7.50. The van der Waals surface area contributed by atoms with Gasteiger partial charge in [0.15, 0.2) is 0 Å². The predicted molar refractivity (Wildman–Crippen MR) is 250 cm³/mol. The first-order valence-corrected chi connectivity index (χ1v) is 24.9. The molecule has 0 radical (unpaired) electrons. The van der Waals surface area contributed by atoms with Crippen molar-refractivity contribution in [2.24, 2.45) is 0 Å². The van der Waals surface area contributed by atoms with Gasteiger partial charge < -0.3 is 20.3 Å². The lowest BCUT2D eigenvalue weighted by molar-refractivity contribution is -0.151. The Balaban J connectivity index is 4.61. The highest BCUT2D eigenvalue weighted by atomic mass is 16.5. The normalized spacial score (nSPS) is 13.7. The van der Waals surface area contributed by atoms with Crippen LogP contribution in [0, 0.1) is 0 Å². The molecule has 3 atom stereocenters. The van der Waals surface area contributed by atoms with Crippen LogP contribution in [0.3, 0.4) is 0 Å². The van der Waals surface area contributed by atoms with E-state index in [-0.39, 0.29) is 24.9 Å². The molecule has 58 heavy (non-hydrogen) atoms. The monoisotopic (exact) mass is 814 g/mol. The maximum atomic E-state index is 13.2. The maximum Gasteiger partial charge on any atom is 0.306 e. The second kappa shape index (κ2) is 45.9. The van der Waals surface area contributed by atoms with E-state index >= 15 is 0 Å². The number of unbranched alkanes of at least 4 members (excludes halogenated alkanes) is 27. The summed E-state index contributed by atoms with van der Waals surface area (Å²) >= 11 is 0. The quantitative estimate of drug-likeness (QED) is 0.0323. The molecule has 338 valence electrons. The summed E-state index contributed by atoms with van der Waals surface area (Å²) in [6.07, 6.45) is 54.5. The van der Waals surface area contributed by atoms with Crippen LogP contribution >= 0.6 is 0 Å². The minimum Gasteiger partial charge on any atom is -0.462 e. The molecule has 0 aliphatic heterocycles. The molecule has 0 saturated heterocycles. The summed E-state index contributed by atoms with van der Waals surface area (Å²) in [7, 11) is 0. The number of allylic oxidation sites excluding steroid dienone is 8. The van der Waals surface area contributed by atoms with Gasteiger partial charge in [-0.05, 0) is 44.9 Å². The van der Waals surface area contributed by atoms with Gasteiger partial charge >= 0.3 is 5.97 Å². The number of hydrogen-bond acceptors (Lipinski definition) is 5. The molecule has 0 spiro atoms. The number of esters is 1. The predicted octanol–water partition coefficient (Wildman–Crippen LogP) is 14.7. The fraction of sp³-hybridized carbons (Fsp3) is 0.808. The van der Waals surface area contributed by atoms with Crippen molar-refractivity contribution in [1.82, 2.24) is 5.32 Å². The van der Waals surface area contributed by atoms with Crippen LogP contribution in [0.5, 0.6) is 0 Å². The van der Waals surface area contributed by atoms with Gasteiger partial charge in [-0.1, -0.05) is 236 Å². The third-order valence-corrected chi connectivity index (χ3v) is 11.3. The minimum atomic E-state index is -0.789. The minimum absolute atomic E-state index is 0.0699. The summed E-state index contributed by atoms with van der Waals surface area (Å²) in [5.74, 6) is -0.495. The van der Waals surface area contributed by atoms with Crippen LogP contribution in [0.25, 0.3) is 0 Å². The van der Waals surface area contributed by atoms with Crippen molar-refractivity contribution in [3.8, 4) is 0 Å². The number of aliphatic hydroxyl groups is 2. The van der Waals surface area contributed by atoms with Gasteiger partial charge in [0.25, 0.3) is 0 Å². The second-order valence-corrected chi connectivity index (χ2v) is 16.9. The summed E-state index contributed by atoms with van der Waals surface area (Å²) in [6.45, 7) is 6.33. The first-order chi connectivity index (χ1) is 28.5. The lowest BCUT2D eigenvalue weighted by atomic mass is 10.0. The van der Waals surface area contributed by atoms with Gasteiger partial charge in [0.1, 0.15) is 6.10 Å². The van der Waals surface area contributed by atoms with E-state index in [4.69, 9.17) is 4.74 Å². The molecule has 0 aromatic rings. The second-order valence-electron chi connectivity index (χ2n) is 16.9. The van der Waals surface area contributed by atoms with Crippen molar-refractivity contribution in [2.45, 2.75) is 264 Å². The van der Waals surface area contributed by atoms with Crippen molar-refractivity contribution in [3.63, 3.8) is 0 Å². The highest BCUT2D eigenvalue weighted by Gasteiger charge is 2.24. The topological polar surface area (TPSA) is 95.9 Å². The molecule has 0 rings (SSSR count). The number of nitrogens with one attached hydrogen (secondary N) is 1. The molecule has 0 aromatic heterocycles. The zero-order valence-electron chi connectivity index (χ0n) is 38.4. The number of amides is 1. The molecule has 0 saturated carbocycles. The van der Waals surface area contributed by atoms with Gasteiger partial charge in [-0.3, -0.25) is 9.59 Å². The van der Waals surface area contributed by atoms with E-state index in [9.17, 15) is 19.8 Å². The molecule has 0 aliphatic rings. The van der Waals surface area contributed by atoms with Crippen LogP contribution in [-0.4, -0.2) is 46.9 Å². The maximum absolute atomic E-state index is 13.2. The fourth-order valence-corrected chi connectivity index (χ4v) is 7.50. The molecular formula is C52H95NO5. The van der Waals surface area contributed by atoms with Crippen LogP contribution in [0.15, 0.2) is 48.6 Å². The lowest BCUT2D eigenvalue weighted by Crippen LogP contribution is -2.46. The Hall–Kier alpha value is -2.18. The molecule has 0 fully saturated rings. The Morgan fingerprint density at radius 3 is 1.41 bits per heavy atom. The first-order valence-electron chi connectivity index (χ1n) is 24.9. The molecule has 0 aromatic carbocycles. The van der Waals surface area contributed by atoms with Crippen LogP contribution in [0.1, 0.15) is 245 Å². The number of hydrogen-bond donors (Lipinski definition) is 3. The molecule has 0 bridgehead atoms. The third-order valence-electron chi connectivity index (χ3n) is 11.3. The van der Waals surface area contributed by atoms with Gasteiger partial charge in [0.05, 0.1) is 25.2 Å². The molecular weight excluding hydrogens is 719 g/mol. The summed E-state index contributed by atoms with van der Waals surface area (Å²) in [4.78, 5) is 26.1. The van der Waals surface area contributed by atoms with E-state index in [1.807, 2.05) is 18.2 Å². The van der Waals surface area contributed by atoms with E-state index in [2.05, 4.69) is 56.5 Å². The summed E-state index contributed by atoms with van der Waals surface area (Å²) in [5, 5.41) is 23.7. The Morgan fingerprint density at radius 1 is 0.517 bits per heavy atom. The molecule has 6 nitrogen and oxygen atoms in total.